The van der Waals surface area contributed by atoms with Crippen molar-refractivity contribution in [3.8, 4) is 0 Å². The number of hydrogen-bond acceptors (Lipinski definition) is 4. The van der Waals surface area contributed by atoms with Crippen molar-refractivity contribution in [2.24, 2.45) is 0 Å². The van der Waals surface area contributed by atoms with Gasteiger partial charge in [-0.15, -0.1) is 0 Å². The van der Waals surface area contributed by atoms with Gasteiger partial charge in [0.2, 0.25) is 5.91 Å². The maximum Gasteiger partial charge on any atom is 0.339 e. The summed E-state index contributed by atoms with van der Waals surface area (Å²) in [7, 11) is 0. The van der Waals surface area contributed by atoms with Crippen molar-refractivity contribution in [2.45, 2.75) is 19.3 Å². The minimum Gasteiger partial charge on any atom is -0.478 e. The molecule has 1 aliphatic heterocycles. The number of benzene rings is 1. The van der Waals surface area contributed by atoms with Crippen LogP contribution in [0.2, 0.25) is 0 Å². The summed E-state index contributed by atoms with van der Waals surface area (Å²) in [6.45, 7) is 2.86. The van der Waals surface area contributed by atoms with E-state index in [0.29, 0.717) is 17.4 Å². The minimum atomic E-state index is -1.05. The fraction of sp³-hybridized carbons (Fsp3) is 0.278. The minimum absolute atomic E-state index is 0.106. The number of aromatic carboxylic acids is 1. The number of carboxylic acid groups (broad SMARTS) is 1. The van der Waals surface area contributed by atoms with Crippen molar-refractivity contribution in [1.82, 2.24) is 4.98 Å². The summed E-state index contributed by atoms with van der Waals surface area (Å²) < 4.78 is 0. The van der Waals surface area contributed by atoms with Gasteiger partial charge in [-0.2, -0.15) is 0 Å². The first-order chi connectivity index (χ1) is 11.5. The van der Waals surface area contributed by atoms with Gasteiger partial charge in [-0.05, 0) is 18.1 Å². The fourth-order valence-electron chi connectivity index (χ4n) is 3.09. The van der Waals surface area contributed by atoms with Crippen LogP contribution in [-0.2, 0) is 4.79 Å². The van der Waals surface area contributed by atoms with E-state index in [0.717, 1.165) is 19.5 Å². The molecule has 1 atom stereocenters. The van der Waals surface area contributed by atoms with Crippen LogP contribution in [0.1, 0.15) is 35.2 Å². The molecule has 124 valence electrons. The largest absolute Gasteiger partial charge is 0.478 e. The Kier molecular flexibility index (Phi) is 4.46. The molecule has 0 spiro atoms. The lowest BCUT2D eigenvalue weighted by molar-refractivity contribution is -0.114. The SMILES string of the molecule is CC(=O)Nc1cnc(N2CCC(c3ccccc3)C2)c(C(=O)O)c1. The molecular weight excluding hydrogens is 306 g/mol. The van der Waals surface area contributed by atoms with Crippen molar-refractivity contribution in [2.75, 3.05) is 23.3 Å². The molecule has 1 aromatic heterocycles. The number of hydrogen-bond donors (Lipinski definition) is 2. The monoisotopic (exact) mass is 325 g/mol. The second kappa shape index (κ2) is 6.70. The van der Waals surface area contributed by atoms with Crippen LogP contribution < -0.4 is 10.2 Å². The smallest absolute Gasteiger partial charge is 0.339 e. The number of carbonyl (C=O) groups excluding carboxylic acids is 1. The average Bonchev–Trinajstić information content (AvgIpc) is 3.05. The van der Waals surface area contributed by atoms with E-state index in [1.807, 2.05) is 23.1 Å². The molecule has 1 aliphatic rings. The lowest BCUT2D eigenvalue weighted by atomic mass is 9.99. The molecule has 1 fully saturated rings. The zero-order chi connectivity index (χ0) is 17.1. The van der Waals surface area contributed by atoms with Crippen LogP contribution >= 0.6 is 0 Å². The Balaban J connectivity index is 1.84. The second-order valence-electron chi connectivity index (χ2n) is 5.92. The number of carbonyl (C=O) groups is 2. The third-order valence-corrected chi connectivity index (χ3v) is 4.18. The zero-order valence-electron chi connectivity index (χ0n) is 13.4. The Hall–Kier alpha value is -2.89. The molecule has 3 rings (SSSR count). The summed E-state index contributed by atoms with van der Waals surface area (Å²) in [5, 5.41) is 12.1. The number of nitrogens with one attached hydrogen (secondary N) is 1. The number of pyridine rings is 1. The van der Waals surface area contributed by atoms with Gasteiger partial charge in [-0.1, -0.05) is 30.3 Å². The highest BCUT2D eigenvalue weighted by atomic mass is 16.4. The predicted octanol–water partition coefficient (Wildman–Crippen LogP) is 2.73. The molecule has 24 heavy (non-hydrogen) atoms. The van der Waals surface area contributed by atoms with Gasteiger partial charge < -0.3 is 15.3 Å². The number of anilines is 2. The highest BCUT2D eigenvalue weighted by Crippen LogP contribution is 2.32. The van der Waals surface area contributed by atoms with E-state index < -0.39 is 5.97 Å². The highest BCUT2D eigenvalue weighted by molar-refractivity contribution is 5.96. The summed E-state index contributed by atoms with van der Waals surface area (Å²) in [4.78, 5) is 29.0. The highest BCUT2D eigenvalue weighted by Gasteiger charge is 2.28. The summed E-state index contributed by atoms with van der Waals surface area (Å²) in [6.07, 6.45) is 2.46. The molecule has 0 bridgehead atoms. The van der Waals surface area contributed by atoms with Gasteiger partial charge in [-0.25, -0.2) is 9.78 Å². The van der Waals surface area contributed by atoms with Crippen molar-refractivity contribution >= 4 is 23.4 Å². The van der Waals surface area contributed by atoms with Crippen molar-refractivity contribution in [3.63, 3.8) is 0 Å². The number of aromatic nitrogens is 1. The Morgan fingerprint density at radius 1 is 1.29 bits per heavy atom. The summed E-state index contributed by atoms with van der Waals surface area (Å²) in [6, 6.07) is 11.7. The number of nitrogens with zero attached hydrogens (tertiary/aromatic N) is 2. The first-order valence-corrected chi connectivity index (χ1v) is 7.85. The third-order valence-electron chi connectivity index (χ3n) is 4.18. The van der Waals surface area contributed by atoms with Crippen molar-refractivity contribution in [3.05, 3.63) is 53.7 Å². The van der Waals surface area contributed by atoms with Crippen LogP contribution in [0.4, 0.5) is 11.5 Å². The molecule has 0 aliphatic carbocycles. The first-order valence-electron chi connectivity index (χ1n) is 7.85. The molecule has 6 heteroatoms. The summed E-state index contributed by atoms with van der Waals surface area (Å²) >= 11 is 0. The number of rotatable bonds is 4. The summed E-state index contributed by atoms with van der Waals surface area (Å²) in [5.74, 6) is -0.487. The molecule has 1 unspecified atom stereocenters. The van der Waals surface area contributed by atoms with E-state index in [1.54, 1.807) is 0 Å². The molecule has 6 nitrogen and oxygen atoms in total. The Labute approximate surface area is 140 Å². The Morgan fingerprint density at radius 2 is 2.04 bits per heavy atom. The van der Waals surface area contributed by atoms with Gasteiger partial charge in [0.25, 0.3) is 0 Å². The zero-order valence-corrected chi connectivity index (χ0v) is 13.4. The molecule has 1 saturated heterocycles. The van der Waals surface area contributed by atoms with Crippen LogP contribution in [0.3, 0.4) is 0 Å². The van der Waals surface area contributed by atoms with Crippen molar-refractivity contribution < 1.29 is 14.7 Å². The quantitative estimate of drug-likeness (QED) is 0.903. The van der Waals surface area contributed by atoms with Crippen LogP contribution in [0, 0.1) is 0 Å². The Morgan fingerprint density at radius 3 is 2.71 bits per heavy atom. The van der Waals surface area contributed by atoms with Gasteiger partial charge in [-0.3, -0.25) is 4.79 Å². The van der Waals surface area contributed by atoms with Crippen LogP contribution in [-0.4, -0.2) is 35.1 Å². The van der Waals surface area contributed by atoms with Gasteiger partial charge in [0.15, 0.2) is 0 Å². The topological polar surface area (TPSA) is 82.5 Å². The number of carboxylic acids is 1. The van der Waals surface area contributed by atoms with Crippen molar-refractivity contribution in [1.29, 1.82) is 0 Å². The van der Waals surface area contributed by atoms with E-state index in [-0.39, 0.29) is 11.5 Å². The lowest BCUT2D eigenvalue weighted by Gasteiger charge is -2.20. The molecule has 0 saturated carbocycles. The maximum absolute atomic E-state index is 11.6. The normalized spacial score (nSPS) is 16.9. The van der Waals surface area contributed by atoms with Gasteiger partial charge in [0, 0.05) is 25.9 Å². The summed E-state index contributed by atoms with van der Waals surface area (Å²) in [5.41, 5.74) is 1.75. The second-order valence-corrected chi connectivity index (χ2v) is 5.92. The molecule has 2 heterocycles. The molecule has 1 amide bonds. The van der Waals surface area contributed by atoms with Crippen LogP contribution in [0.5, 0.6) is 0 Å². The van der Waals surface area contributed by atoms with Gasteiger partial charge in [0.05, 0.1) is 11.9 Å². The maximum atomic E-state index is 11.6. The molecule has 1 aromatic carbocycles. The van der Waals surface area contributed by atoms with E-state index in [9.17, 15) is 14.7 Å². The van der Waals surface area contributed by atoms with E-state index in [1.165, 1.54) is 24.8 Å². The standard InChI is InChI=1S/C18H19N3O3/c1-12(22)20-15-9-16(18(23)24)17(19-10-15)21-8-7-14(11-21)13-5-3-2-4-6-13/h2-6,9-10,14H,7-8,11H2,1H3,(H,20,22)(H,23,24). The fourth-order valence-corrected chi connectivity index (χ4v) is 3.09. The van der Waals surface area contributed by atoms with Gasteiger partial charge in [0.1, 0.15) is 11.4 Å². The van der Waals surface area contributed by atoms with Gasteiger partial charge >= 0.3 is 5.97 Å². The molecule has 2 aromatic rings. The third kappa shape index (κ3) is 3.37. The predicted molar refractivity (Wildman–Crippen MR) is 91.5 cm³/mol. The van der Waals surface area contributed by atoms with E-state index >= 15 is 0 Å². The first kappa shape index (κ1) is 16.0. The Bertz CT molecular complexity index is 761. The van der Waals surface area contributed by atoms with E-state index in [4.69, 9.17) is 0 Å². The molecule has 0 radical (unpaired) electrons. The van der Waals surface area contributed by atoms with E-state index in [2.05, 4.69) is 22.4 Å². The van der Waals surface area contributed by atoms with Crippen LogP contribution in [0.15, 0.2) is 42.6 Å². The lowest BCUT2D eigenvalue weighted by Crippen LogP contribution is -2.23. The average molecular weight is 325 g/mol. The number of amides is 1. The van der Waals surface area contributed by atoms with Crippen LogP contribution in [0.25, 0.3) is 0 Å². The molecular formula is C18H19N3O3. The molecule has 2 N–H and O–H groups in total.